The van der Waals surface area contributed by atoms with Gasteiger partial charge in [-0.2, -0.15) is 0 Å². The van der Waals surface area contributed by atoms with E-state index in [0.29, 0.717) is 17.4 Å². The van der Waals surface area contributed by atoms with Crippen molar-refractivity contribution >= 4 is 17.3 Å². The lowest BCUT2D eigenvalue weighted by Gasteiger charge is -1.99. The molecule has 0 amide bonds. The Labute approximate surface area is 124 Å². The molecule has 2 heterocycles. The first-order chi connectivity index (χ1) is 10.2. The lowest BCUT2D eigenvalue weighted by atomic mass is 10.2. The van der Waals surface area contributed by atoms with Crippen LogP contribution in [0.5, 0.6) is 5.75 Å². The summed E-state index contributed by atoms with van der Waals surface area (Å²) >= 11 is 1.12. The fourth-order valence-corrected chi connectivity index (χ4v) is 2.43. The molecule has 6 heteroatoms. The molecule has 0 radical (unpaired) electrons. The summed E-state index contributed by atoms with van der Waals surface area (Å²) in [5.74, 6) is 0.650. The van der Waals surface area contributed by atoms with Crippen LogP contribution in [0.2, 0.25) is 0 Å². The number of rotatable bonds is 5. The van der Waals surface area contributed by atoms with Gasteiger partial charge in [0.1, 0.15) is 10.6 Å². The van der Waals surface area contributed by atoms with Crippen molar-refractivity contribution in [2.45, 2.75) is 6.61 Å². The highest BCUT2D eigenvalue weighted by atomic mass is 32.1. The lowest BCUT2D eigenvalue weighted by molar-refractivity contribution is 0.0702. The Hall–Kier alpha value is -2.60. The van der Waals surface area contributed by atoms with E-state index in [0.717, 1.165) is 16.9 Å². The second kappa shape index (κ2) is 5.80. The van der Waals surface area contributed by atoms with Crippen molar-refractivity contribution in [3.8, 4) is 17.1 Å². The van der Waals surface area contributed by atoms with Crippen molar-refractivity contribution in [3.05, 3.63) is 58.7 Å². The van der Waals surface area contributed by atoms with Gasteiger partial charge in [0.05, 0.1) is 6.20 Å². The normalized spacial score (nSPS) is 10.5. The molecule has 0 aliphatic heterocycles. The number of carboxylic acid groups (broad SMARTS) is 1. The average Bonchev–Trinajstić information content (AvgIpc) is 3.15. The van der Waals surface area contributed by atoms with Crippen molar-refractivity contribution in [3.63, 3.8) is 0 Å². The van der Waals surface area contributed by atoms with Crippen LogP contribution in [0.1, 0.15) is 15.6 Å². The predicted molar refractivity (Wildman–Crippen MR) is 77.5 cm³/mol. The maximum Gasteiger partial charge on any atom is 0.346 e. The Bertz CT molecular complexity index is 748. The molecule has 0 spiro atoms. The number of nitrogens with zero attached hydrogens (tertiary/aromatic N) is 1. The molecule has 0 saturated carbocycles. The fourth-order valence-electron chi connectivity index (χ4n) is 1.76. The molecule has 106 valence electrons. The van der Waals surface area contributed by atoms with E-state index in [4.69, 9.17) is 14.3 Å². The largest absolute Gasteiger partial charge is 0.483 e. The second-order valence-electron chi connectivity index (χ2n) is 4.22. The average molecular weight is 301 g/mol. The molecule has 0 unspecified atom stereocenters. The highest BCUT2D eigenvalue weighted by Gasteiger charge is 2.10. The first kappa shape index (κ1) is 13.4. The van der Waals surface area contributed by atoms with Crippen LogP contribution >= 0.6 is 11.3 Å². The van der Waals surface area contributed by atoms with Crippen LogP contribution in [0.4, 0.5) is 0 Å². The van der Waals surface area contributed by atoms with Crippen LogP contribution in [0.15, 0.2) is 52.4 Å². The molecule has 0 aliphatic carbocycles. The molecule has 3 aromatic rings. The van der Waals surface area contributed by atoms with Gasteiger partial charge >= 0.3 is 5.97 Å². The Balaban J connectivity index is 1.66. The van der Waals surface area contributed by atoms with Crippen molar-refractivity contribution in [1.82, 2.24) is 4.98 Å². The van der Waals surface area contributed by atoms with Gasteiger partial charge in [0, 0.05) is 17.0 Å². The number of aromatic nitrogens is 1. The van der Waals surface area contributed by atoms with Crippen molar-refractivity contribution in [2.75, 3.05) is 0 Å². The first-order valence-electron chi connectivity index (χ1n) is 6.17. The first-order valence-corrected chi connectivity index (χ1v) is 7.05. The predicted octanol–water partition coefficient (Wildman–Crippen LogP) is 3.68. The standard InChI is InChI=1S/C15H11NO4S/c17-15(18)13-6-11(9-21-13)19-8-14-16-7-12(20-14)10-4-2-1-3-5-10/h1-7,9H,8H2,(H,17,18). The summed E-state index contributed by atoms with van der Waals surface area (Å²) < 4.78 is 11.1. The van der Waals surface area contributed by atoms with E-state index in [1.54, 1.807) is 11.6 Å². The zero-order valence-corrected chi connectivity index (χ0v) is 11.7. The number of hydrogen-bond acceptors (Lipinski definition) is 5. The van der Waals surface area contributed by atoms with Crippen LogP contribution in [0.3, 0.4) is 0 Å². The summed E-state index contributed by atoms with van der Waals surface area (Å²) in [6.07, 6.45) is 1.64. The van der Waals surface area contributed by atoms with Gasteiger partial charge in [-0.05, 0) is 0 Å². The van der Waals surface area contributed by atoms with Crippen LogP contribution in [0.25, 0.3) is 11.3 Å². The highest BCUT2D eigenvalue weighted by Crippen LogP contribution is 2.24. The molecule has 0 fully saturated rings. The molecule has 2 aromatic heterocycles. The maximum absolute atomic E-state index is 10.8. The third-order valence-electron chi connectivity index (χ3n) is 2.76. The number of benzene rings is 1. The summed E-state index contributed by atoms with van der Waals surface area (Å²) in [4.78, 5) is 15.2. The van der Waals surface area contributed by atoms with Gasteiger partial charge in [-0.3, -0.25) is 0 Å². The Morgan fingerprint density at radius 2 is 2.14 bits per heavy atom. The lowest BCUT2D eigenvalue weighted by Crippen LogP contribution is -1.95. The van der Waals surface area contributed by atoms with E-state index in [2.05, 4.69) is 4.98 Å². The van der Waals surface area contributed by atoms with E-state index in [1.807, 2.05) is 30.3 Å². The molecule has 0 atom stereocenters. The number of hydrogen-bond donors (Lipinski definition) is 1. The molecule has 21 heavy (non-hydrogen) atoms. The molecular weight excluding hydrogens is 290 g/mol. The zero-order chi connectivity index (χ0) is 14.7. The minimum absolute atomic E-state index is 0.155. The fraction of sp³-hybridized carbons (Fsp3) is 0.0667. The quantitative estimate of drug-likeness (QED) is 0.778. The topological polar surface area (TPSA) is 72.6 Å². The molecule has 1 aromatic carbocycles. The third kappa shape index (κ3) is 3.11. The second-order valence-corrected chi connectivity index (χ2v) is 5.14. The van der Waals surface area contributed by atoms with Crippen LogP contribution in [-0.2, 0) is 6.61 Å². The van der Waals surface area contributed by atoms with Crippen molar-refractivity contribution in [2.24, 2.45) is 0 Å². The van der Waals surface area contributed by atoms with E-state index in [-0.39, 0.29) is 11.5 Å². The third-order valence-corrected chi connectivity index (χ3v) is 3.66. The number of carboxylic acids is 1. The Morgan fingerprint density at radius 3 is 2.86 bits per heavy atom. The summed E-state index contributed by atoms with van der Waals surface area (Å²) in [5.41, 5.74) is 0.944. The van der Waals surface area contributed by atoms with Gasteiger partial charge in [-0.15, -0.1) is 11.3 Å². The molecule has 5 nitrogen and oxygen atoms in total. The van der Waals surface area contributed by atoms with Gasteiger partial charge in [0.2, 0.25) is 5.89 Å². The van der Waals surface area contributed by atoms with Crippen molar-refractivity contribution < 1.29 is 19.1 Å². The number of carbonyl (C=O) groups is 1. The van der Waals surface area contributed by atoms with E-state index < -0.39 is 5.97 Å². The molecule has 0 saturated heterocycles. The summed E-state index contributed by atoms with van der Waals surface area (Å²) in [6.45, 7) is 0.155. The molecule has 0 aliphatic rings. The minimum atomic E-state index is -0.961. The Morgan fingerprint density at radius 1 is 1.33 bits per heavy atom. The van der Waals surface area contributed by atoms with Gasteiger partial charge in [-0.1, -0.05) is 30.3 Å². The monoisotopic (exact) mass is 301 g/mol. The van der Waals surface area contributed by atoms with Crippen LogP contribution in [0, 0.1) is 0 Å². The summed E-state index contributed by atoms with van der Waals surface area (Å²) in [5, 5.41) is 10.5. The van der Waals surface area contributed by atoms with Crippen LogP contribution < -0.4 is 4.74 Å². The number of ether oxygens (including phenoxy) is 1. The number of aromatic carboxylic acids is 1. The molecular formula is C15H11NO4S. The number of oxazole rings is 1. The molecule has 1 N–H and O–H groups in total. The van der Waals surface area contributed by atoms with E-state index in [9.17, 15) is 4.79 Å². The van der Waals surface area contributed by atoms with Gasteiger partial charge in [0.15, 0.2) is 12.4 Å². The number of thiophene rings is 1. The molecule has 3 rings (SSSR count). The van der Waals surface area contributed by atoms with E-state index in [1.165, 1.54) is 6.07 Å². The van der Waals surface area contributed by atoms with E-state index >= 15 is 0 Å². The Kier molecular flexibility index (Phi) is 3.70. The van der Waals surface area contributed by atoms with Gasteiger partial charge in [-0.25, -0.2) is 9.78 Å². The highest BCUT2D eigenvalue weighted by molar-refractivity contribution is 7.12. The van der Waals surface area contributed by atoms with Gasteiger partial charge in [0.25, 0.3) is 0 Å². The smallest absolute Gasteiger partial charge is 0.346 e. The summed E-state index contributed by atoms with van der Waals surface area (Å²) in [6, 6.07) is 11.1. The SMILES string of the molecule is O=C(O)c1cc(OCc2ncc(-c3ccccc3)o2)cs1. The molecule has 0 bridgehead atoms. The minimum Gasteiger partial charge on any atom is -0.483 e. The van der Waals surface area contributed by atoms with Crippen molar-refractivity contribution in [1.29, 1.82) is 0 Å². The van der Waals surface area contributed by atoms with Gasteiger partial charge < -0.3 is 14.3 Å². The zero-order valence-electron chi connectivity index (χ0n) is 10.9. The maximum atomic E-state index is 10.8. The summed E-state index contributed by atoms with van der Waals surface area (Å²) in [7, 11) is 0. The van der Waals surface area contributed by atoms with Crippen LogP contribution in [-0.4, -0.2) is 16.1 Å².